The van der Waals surface area contributed by atoms with E-state index in [1.165, 1.54) is 7.11 Å². The molecule has 0 saturated carbocycles. The van der Waals surface area contributed by atoms with Crippen molar-refractivity contribution >= 4 is 18.6 Å². The molecule has 0 amide bonds. The molecular weight excluding hydrogens is 359 g/mol. The highest BCUT2D eigenvalue weighted by Gasteiger charge is 2.52. The van der Waals surface area contributed by atoms with Crippen LogP contribution in [0.2, 0.25) is 0 Å². The van der Waals surface area contributed by atoms with E-state index in [4.69, 9.17) is 18.8 Å². The Kier molecular flexibility index (Phi) is 5.72. The van der Waals surface area contributed by atoms with Crippen LogP contribution in [-0.4, -0.2) is 48.0 Å². The van der Waals surface area contributed by atoms with Crippen LogP contribution in [0.5, 0.6) is 5.88 Å². The second kappa shape index (κ2) is 7.89. The first-order valence-corrected chi connectivity index (χ1v) is 9.19. The van der Waals surface area contributed by atoms with Crippen molar-refractivity contribution < 1.29 is 23.6 Å². The highest BCUT2D eigenvalue weighted by atomic mass is 16.7. The largest absolute Gasteiger partial charge is 0.496 e. The molecule has 2 aromatic heterocycles. The maximum atomic E-state index is 12.3. The number of pyridine rings is 2. The zero-order chi connectivity index (χ0) is 20.4. The van der Waals surface area contributed by atoms with Crippen LogP contribution in [0, 0.1) is 0 Å². The first-order valence-electron chi connectivity index (χ1n) is 9.19. The van der Waals surface area contributed by atoms with Gasteiger partial charge in [0.2, 0.25) is 5.88 Å². The first-order chi connectivity index (χ1) is 13.2. The summed E-state index contributed by atoms with van der Waals surface area (Å²) >= 11 is 0. The summed E-state index contributed by atoms with van der Waals surface area (Å²) in [4.78, 5) is 20.6. The van der Waals surface area contributed by atoms with Crippen molar-refractivity contribution in [1.82, 2.24) is 9.97 Å². The SMILES string of the molecule is COC(=O)c1cc(B2OC(C)(C)C(C)(C)O2)cnc1OCCc1ccncc1. The van der Waals surface area contributed by atoms with Gasteiger partial charge in [-0.25, -0.2) is 9.78 Å². The molecule has 1 fully saturated rings. The van der Waals surface area contributed by atoms with E-state index in [-0.39, 0.29) is 11.4 Å². The van der Waals surface area contributed by atoms with Crippen LogP contribution < -0.4 is 10.2 Å². The van der Waals surface area contributed by atoms with Gasteiger partial charge in [0.05, 0.1) is 24.9 Å². The van der Waals surface area contributed by atoms with Gasteiger partial charge in [0.15, 0.2) is 0 Å². The first kappa shape index (κ1) is 20.3. The molecule has 1 saturated heterocycles. The molecule has 8 heteroatoms. The molecule has 3 rings (SSSR count). The quantitative estimate of drug-likeness (QED) is 0.558. The van der Waals surface area contributed by atoms with Gasteiger partial charge in [-0.1, -0.05) is 0 Å². The minimum atomic E-state index is -0.619. The van der Waals surface area contributed by atoms with E-state index in [9.17, 15) is 4.79 Å². The number of methoxy groups -OCH3 is 1. The normalized spacial score (nSPS) is 17.4. The Hall–Kier alpha value is -2.45. The second-order valence-corrected chi connectivity index (χ2v) is 7.66. The van der Waals surface area contributed by atoms with Gasteiger partial charge in [-0.15, -0.1) is 0 Å². The van der Waals surface area contributed by atoms with E-state index in [1.807, 2.05) is 39.8 Å². The fourth-order valence-corrected chi connectivity index (χ4v) is 2.76. The average molecular weight is 384 g/mol. The molecule has 0 N–H and O–H groups in total. The number of carbonyl (C=O) groups excluding carboxylic acids is 1. The maximum Gasteiger partial charge on any atom is 0.496 e. The molecule has 0 aromatic carbocycles. The summed E-state index contributed by atoms with van der Waals surface area (Å²) < 4.78 is 22.7. The Morgan fingerprint density at radius 2 is 1.79 bits per heavy atom. The molecule has 0 spiro atoms. The second-order valence-electron chi connectivity index (χ2n) is 7.66. The standard InChI is InChI=1S/C20H25BN2O5/c1-19(2)20(3,4)28-21(27-19)15-12-16(18(24)25-5)17(23-13-15)26-11-8-14-6-9-22-10-7-14/h6-7,9-10,12-13H,8,11H2,1-5H3. The Labute approximate surface area is 165 Å². The van der Waals surface area contributed by atoms with Gasteiger partial charge in [0.1, 0.15) is 5.56 Å². The van der Waals surface area contributed by atoms with Crippen molar-refractivity contribution in [2.75, 3.05) is 13.7 Å². The van der Waals surface area contributed by atoms with E-state index >= 15 is 0 Å². The Morgan fingerprint density at radius 1 is 1.14 bits per heavy atom. The molecule has 0 atom stereocenters. The molecule has 7 nitrogen and oxygen atoms in total. The molecule has 1 aliphatic heterocycles. The van der Waals surface area contributed by atoms with E-state index in [1.54, 1.807) is 24.7 Å². The number of aromatic nitrogens is 2. The number of rotatable bonds is 6. The van der Waals surface area contributed by atoms with Crippen LogP contribution in [-0.2, 0) is 20.5 Å². The molecule has 148 valence electrons. The average Bonchev–Trinajstić information content (AvgIpc) is 2.89. The lowest BCUT2D eigenvalue weighted by atomic mass is 9.79. The number of ether oxygens (including phenoxy) is 2. The van der Waals surface area contributed by atoms with Crippen molar-refractivity contribution in [2.24, 2.45) is 0 Å². The van der Waals surface area contributed by atoms with Crippen LogP contribution in [0.4, 0.5) is 0 Å². The summed E-state index contributed by atoms with van der Waals surface area (Å²) in [5.41, 5.74) is 0.999. The van der Waals surface area contributed by atoms with Crippen LogP contribution in [0.1, 0.15) is 43.6 Å². The van der Waals surface area contributed by atoms with Crippen molar-refractivity contribution in [3.63, 3.8) is 0 Å². The Morgan fingerprint density at radius 3 is 2.39 bits per heavy atom. The van der Waals surface area contributed by atoms with Crippen molar-refractivity contribution in [2.45, 2.75) is 45.3 Å². The van der Waals surface area contributed by atoms with E-state index in [0.717, 1.165) is 5.56 Å². The minimum absolute atomic E-state index is 0.223. The highest BCUT2D eigenvalue weighted by Crippen LogP contribution is 2.36. The number of carbonyl (C=O) groups is 1. The van der Waals surface area contributed by atoms with Crippen molar-refractivity contribution in [3.05, 3.63) is 47.9 Å². The van der Waals surface area contributed by atoms with E-state index in [2.05, 4.69) is 9.97 Å². The van der Waals surface area contributed by atoms with Crippen LogP contribution in [0.25, 0.3) is 0 Å². The molecule has 0 bridgehead atoms. The molecule has 1 aliphatic rings. The van der Waals surface area contributed by atoms with Gasteiger partial charge in [-0.05, 0) is 51.5 Å². The van der Waals surface area contributed by atoms with Gasteiger partial charge in [-0.3, -0.25) is 4.98 Å². The molecule has 0 unspecified atom stereocenters. The minimum Gasteiger partial charge on any atom is -0.477 e. The van der Waals surface area contributed by atoms with E-state index in [0.29, 0.717) is 18.5 Å². The molecule has 0 aliphatic carbocycles. The highest BCUT2D eigenvalue weighted by molar-refractivity contribution is 6.62. The fraction of sp³-hybridized carbons (Fsp3) is 0.450. The summed E-state index contributed by atoms with van der Waals surface area (Å²) in [6.45, 7) is 8.25. The fourth-order valence-electron chi connectivity index (χ4n) is 2.76. The van der Waals surface area contributed by atoms with E-state index < -0.39 is 24.3 Å². The molecule has 3 heterocycles. The predicted molar refractivity (Wildman–Crippen MR) is 105 cm³/mol. The van der Waals surface area contributed by atoms with Crippen LogP contribution >= 0.6 is 0 Å². The topological polar surface area (TPSA) is 79.8 Å². The van der Waals surface area contributed by atoms with Gasteiger partial charge in [-0.2, -0.15) is 0 Å². The lowest BCUT2D eigenvalue weighted by molar-refractivity contribution is 0.00578. The van der Waals surface area contributed by atoms with Crippen molar-refractivity contribution in [3.8, 4) is 5.88 Å². The third-order valence-electron chi connectivity index (χ3n) is 5.18. The Balaban J connectivity index is 1.78. The summed E-state index contributed by atoms with van der Waals surface area (Å²) in [5.74, 6) is -0.300. The van der Waals surface area contributed by atoms with Gasteiger partial charge in [0, 0.05) is 30.5 Å². The zero-order valence-corrected chi connectivity index (χ0v) is 16.9. The van der Waals surface area contributed by atoms with Gasteiger partial charge < -0.3 is 18.8 Å². The summed E-state index contributed by atoms with van der Waals surface area (Å²) in [5, 5.41) is 0. The summed E-state index contributed by atoms with van der Waals surface area (Å²) in [6, 6.07) is 5.49. The zero-order valence-electron chi connectivity index (χ0n) is 16.9. The lowest BCUT2D eigenvalue weighted by Crippen LogP contribution is -2.41. The third kappa shape index (κ3) is 4.18. The van der Waals surface area contributed by atoms with Crippen molar-refractivity contribution in [1.29, 1.82) is 0 Å². The number of hydrogen-bond acceptors (Lipinski definition) is 7. The van der Waals surface area contributed by atoms with Crippen LogP contribution in [0.15, 0.2) is 36.8 Å². The molecule has 28 heavy (non-hydrogen) atoms. The van der Waals surface area contributed by atoms with Gasteiger partial charge >= 0.3 is 13.1 Å². The molecular formula is C20H25BN2O5. The number of nitrogens with zero attached hydrogens (tertiary/aromatic N) is 2. The maximum absolute atomic E-state index is 12.3. The summed E-state index contributed by atoms with van der Waals surface area (Å²) in [6.07, 6.45) is 5.74. The lowest BCUT2D eigenvalue weighted by Gasteiger charge is -2.32. The Bertz CT molecular complexity index is 826. The monoisotopic (exact) mass is 384 g/mol. The van der Waals surface area contributed by atoms with Crippen LogP contribution in [0.3, 0.4) is 0 Å². The third-order valence-corrected chi connectivity index (χ3v) is 5.18. The number of hydrogen-bond donors (Lipinski definition) is 0. The summed E-state index contributed by atoms with van der Waals surface area (Å²) in [7, 11) is 0.705. The smallest absolute Gasteiger partial charge is 0.477 e. The van der Waals surface area contributed by atoms with Gasteiger partial charge in [0.25, 0.3) is 0 Å². The molecule has 2 aromatic rings. The predicted octanol–water partition coefficient (Wildman–Crippen LogP) is 2.18. The number of esters is 1. The molecule has 0 radical (unpaired) electrons.